The van der Waals surface area contributed by atoms with Gasteiger partial charge in [-0.15, -0.1) is 5.10 Å². The zero-order valence-electron chi connectivity index (χ0n) is 15.5. The molecular weight excluding hydrogens is 346 g/mol. The highest BCUT2D eigenvalue weighted by Crippen LogP contribution is 2.23. The number of ether oxygens (including phenoxy) is 3. The second-order valence-electron chi connectivity index (χ2n) is 5.93. The third-order valence-corrected chi connectivity index (χ3v) is 4.12. The number of methoxy groups -OCH3 is 3. The van der Waals surface area contributed by atoms with Crippen molar-refractivity contribution in [2.24, 2.45) is 0 Å². The fraction of sp³-hybridized carbons (Fsp3) is 0.250. The molecule has 0 radical (unpaired) electrons. The van der Waals surface area contributed by atoms with Crippen LogP contribution in [-0.4, -0.2) is 42.1 Å². The van der Waals surface area contributed by atoms with Crippen molar-refractivity contribution < 1.29 is 19.0 Å². The van der Waals surface area contributed by atoms with Crippen LogP contribution >= 0.6 is 0 Å². The second-order valence-corrected chi connectivity index (χ2v) is 5.93. The lowest BCUT2D eigenvalue weighted by Gasteiger charge is -2.08. The molecule has 140 valence electrons. The summed E-state index contributed by atoms with van der Waals surface area (Å²) < 4.78 is 17.5. The van der Waals surface area contributed by atoms with E-state index in [9.17, 15) is 4.79 Å². The van der Waals surface area contributed by atoms with Crippen LogP contribution in [0.1, 0.15) is 21.6 Å². The second kappa shape index (κ2) is 8.35. The Hall–Kier alpha value is -3.35. The molecule has 1 heterocycles. The Labute approximate surface area is 157 Å². The SMILES string of the molecule is COc1cc(Cn2cc(C(=O)Cc3ccccc3OC)nn2)cc(OC)c1. The van der Waals surface area contributed by atoms with Gasteiger partial charge in [-0.25, -0.2) is 4.68 Å². The molecule has 1 aromatic heterocycles. The fourth-order valence-electron chi connectivity index (χ4n) is 2.76. The summed E-state index contributed by atoms with van der Waals surface area (Å²) >= 11 is 0. The molecule has 0 amide bonds. The van der Waals surface area contributed by atoms with Gasteiger partial charge in [-0.05, 0) is 23.8 Å². The number of aromatic nitrogens is 3. The van der Waals surface area contributed by atoms with E-state index in [2.05, 4.69) is 10.3 Å². The summed E-state index contributed by atoms with van der Waals surface area (Å²) in [5.74, 6) is 1.95. The summed E-state index contributed by atoms with van der Waals surface area (Å²) in [6.07, 6.45) is 1.85. The molecule has 27 heavy (non-hydrogen) atoms. The largest absolute Gasteiger partial charge is 0.497 e. The van der Waals surface area contributed by atoms with Crippen molar-refractivity contribution in [3.8, 4) is 17.2 Å². The van der Waals surface area contributed by atoms with Gasteiger partial charge in [0, 0.05) is 18.1 Å². The molecule has 0 saturated carbocycles. The van der Waals surface area contributed by atoms with E-state index >= 15 is 0 Å². The van der Waals surface area contributed by atoms with Crippen LogP contribution in [0.4, 0.5) is 0 Å². The number of Topliss-reactive ketones (excluding diaryl/α,β-unsaturated/α-hetero) is 1. The highest BCUT2D eigenvalue weighted by Gasteiger charge is 2.14. The van der Waals surface area contributed by atoms with Crippen LogP contribution < -0.4 is 14.2 Å². The van der Waals surface area contributed by atoms with Crippen LogP contribution in [0.5, 0.6) is 17.2 Å². The Kier molecular flexibility index (Phi) is 5.71. The minimum atomic E-state index is -0.117. The summed E-state index contributed by atoms with van der Waals surface area (Å²) in [7, 11) is 4.79. The van der Waals surface area contributed by atoms with E-state index < -0.39 is 0 Å². The zero-order chi connectivity index (χ0) is 19.2. The topological polar surface area (TPSA) is 75.5 Å². The van der Waals surface area contributed by atoms with E-state index in [0.29, 0.717) is 29.5 Å². The lowest BCUT2D eigenvalue weighted by atomic mass is 10.1. The Morgan fingerprint density at radius 1 is 1.00 bits per heavy atom. The standard InChI is InChI=1S/C20H21N3O4/c1-25-16-8-14(9-17(11-16)26-2)12-23-13-18(21-22-23)19(24)10-15-6-4-5-7-20(15)27-3/h4-9,11,13H,10,12H2,1-3H3. The molecule has 0 aliphatic carbocycles. The van der Waals surface area contributed by atoms with Crippen molar-refractivity contribution in [3.63, 3.8) is 0 Å². The zero-order valence-corrected chi connectivity index (χ0v) is 15.5. The predicted molar refractivity (Wildman–Crippen MR) is 99.7 cm³/mol. The van der Waals surface area contributed by atoms with Gasteiger partial charge >= 0.3 is 0 Å². The summed E-state index contributed by atoms with van der Waals surface area (Å²) in [6.45, 7) is 0.447. The lowest BCUT2D eigenvalue weighted by molar-refractivity contribution is 0.0987. The Morgan fingerprint density at radius 3 is 2.37 bits per heavy atom. The number of ketones is 1. The fourth-order valence-corrected chi connectivity index (χ4v) is 2.76. The average Bonchev–Trinajstić information content (AvgIpc) is 3.16. The molecule has 0 bridgehead atoms. The van der Waals surface area contributed by atoms with Crippen LogP contribution in [0.15, 0.2) is 48.7 Å². The van der Waals surface area contributed by atoms with Crippen LogP contribution in [0, 0.1) is 0 Å². The van der Waals surface area contributed by atoms with Gasteiger partial charge in [-0.1, -0.05) is 23.4 Å². The molecule has 0 atom stereocenters. The predicted octanol–water partition coefficient (Wildman–Crippen LogP) is 2.78. The van der Waals surface area contributed by atoms with Crippen LogP contribution in [0.3, 0.4) is 0 Å². The molecule has 0 aliphatic heterocycles. The number of rotatable bonds is 8. The van der Waals surface area contributed by atoms with Crippen molar-refractivity contribution in [1.29, 1.82) is 0 Å². The van der Waals surface area contributed by atoms with Gasteiger partial charge in [0.15, 0.2) is 5.78 Å². The molecule has 7 heteroatoms. The maximum atomic E-state index is 12.5. The maximum Gasteiger partial charge on any atom is 0.189 e. The third kappa shape index (κ3) is 4.44. The summed E-state index contributed by atoms with van der Waals surface area (Å²) in [4.78, 5) is 12.5. The molecule has 0 fully saturated rings. The van der Waals surface area contributed by atoms with Crippen molar-refractivity contribution in [2.45, 2.75) is 13.0 Å². The molecule has 3 aromatic rings. The molecule has 7 nitrogen and oxygen atoms in total. The molecule has 0 saturated heterocycles. The molecule has 0 spiro atoms. The number of hydrogen-bond donors (Lipinski definition) is 0. The van der Waals surface area contributed by atoms with E-state index in [-0.39, 0.29) is 12.2 Å². The minimum Gasteiger partial charge on any atom is -0.497 e. The van der Waals surface area contributed by atoms with E-state index in [1.165, 1.54) is 0 Å². The van der Waals surface area contributed by atoms with Crippen molar-refractivity contribution >= 4 is 5.78 Å². The van der Waals surface area contributed by atoms with E-state index in [1.54, 1.807) is 38.3 Å². The van der Waals surface area contributed by atoms with E-state index in [4.69, 9.17) is 14.2 Å². The number of nitrogens with zero attached hydrogens (tertiary/aromatic N) is 3. The first-order valence-corrected chi connectivity index (χ1v) is 8.40. The third-order valence-electron chi connectivity index (χ3n) is 4.12. The molecule has 3 rings (SSSR count). The van der Waals surface area contributed by atoms with Gasteiger partial charge < -0.3 is 14.2 Å². The Morgan fingerprint density at radius 2 is 1.70 bits per heavy atom. The van der Waals surface area contributed by atoms with Gasteiger partial charge in [0.05, 0.1) is 34.1 Å². The summed E-state index contributed by atoms with van der Waals surface area (Å²) in [6, 6.07) is 13.0. The molecule has 0 unspecified atom stereocenters. The summed E-state index contributed by atoms with van der Waals surface area (Å²) in [5, 5.41) is 8.07. The highest BCUT2D eigenvalue weighted by molar-refractivity contribution is 5.95. The van der Waals surface area contributed by atoms with Crippen LogP contribution in [0.2, 0.25) is 0 Å². The van der Waals surface area contributed by atoms with Gasteiger partial charge in [0.25, 0.3) is 0 Å². The van der Waals surface area contributed by atoms with Crippen molar-refractivity contribution in [2.75, 3.05) is 21.3 Å². The van der Waals surface area contributed by atoms with Crippen LogP contribution in [-0.2, 0) is 13.0 Å². The normalized spacial score (nSPS) is 10.5. The van der Waals surface area contributed by atoms with Gasteiger partial charge in [0.1, 0.15) is 22.9 Å². The first-order chi connectivity index (χ1) is 13.1. The number of benzene rings is 2. The van der Waals surface area contributed by atoms with Crippen LogP contribution in [0.25, 0.3) is 0 Å². The van der Waals surface area contributed by atoms with Gasteiger partial charge in [-0.3, -0.25) is 4.79 Å². The minimum absolute atomic E-state index is 0.117. The van der Waals surface area contributed by atoms with Crippen molar-refractivity contribution in [1.82, 2.24) is 15.0 Å². The molecule has 2 aromatic carbocycles. The van der Waals surface area contributed by atoms with Gasteiger partial charge in [0.2, 0.25) is 0 Å². The first kappa shape index (κ1) is 18.4. The van der Waals surface area contributed by atoms with E-state index in [0.717, 1.165) is 11.1 Å². The quantitative estimate of drug-likeness (QED) is 0.570. The van der Waals surface area contributed by atoms with E-state index in [1.807, 2.05) is 36.4 Å². The molecular formula is C20H21N3O4. The van der Waals surface area contributed by atoms with Gasteiger partial charge in [-0.2, -0.15) is 0 Å². The summed E-state index contributed by atoms with van der Waals surface area (Å²) in [5.41, 5.74) is 2.06. The Balaban J connectivity index is 1.74. The number of hydrogen-bond acceptors (Lipinski definition) is 6. The maximum absolute atomic E-state index is 12.5. The number of para-hydroxylation sites is 1. The Bertz CT molecular complexity index is 914. The monoisotopic (exact) mass is 367 g/mol. The smallest absolute Gasteiger partial charge is 0.189 e. The lowest BCUT2D eigenvalue weighted by Crippen LogP contribution is -2.05. The van der Waals surface area contributed by atoms with Crippen molar-refractivity contribution in [3.05, 3.63) is 65.5 Å². The highest BCUT2D eigenvalue weighted by atomic mass is 16.5. The number of carbonyl (C=O) groups is 1. The number of carbonyl (C=O) groups excluding carboxylic acids is 1. The molecule has 0 aliphatic rings. The average molecular weight is 367 g/mol. The molecule has 0 N–H and O–H groups in total. The first-order valence-electron chi connectivity index (χ1n) is 8.40.